The van der Waals surface area contributed by atoms with Gasteiger partial charge in [0.2, 0.25) is 0 Å². The number of primary amides is 1. The Morgan fingerprint density at radius 3 is 2.03 bits per heavy atom. The Hall–Kier alpha value is -3.69. The van der Waals surface area contributed by atoms with Crippen LogP contribution in [0.1, 0.15) is 51.2 Å². The summed E-state index contributed by atoms with van der Waals surface area (Å²) in [5, 5.41) is 25.2. The van der Waals surface area contributed by atoms with Crippen LogP contribution in [0.4, 0.5) is 21.9 Å². The second-order valence-corrected chi connectivity index (χ2v) is 7.78. The first-order valence-electron chi connectivity index (χ1n) is 10.7. The van der Waals surface area contributed by atoms with Gasteiger partial charge in [-0.25, -0.2) is 4.79 Å². The minimum Gasteiger partial charge on any atom is -0.447 e. The van der Waals surface area contributed by atoms with E-state index >= 15 is 0 Å². The molecule has 2 aliphatic carbocycles. The molecule has 33 heavy (non-hydrogen) atoms. The fraction of sp³-hybridized carbons (Fsp3) is 0.435. The van der Waals surface area contributed by atoms with Gasteiger partial charge in [-0.3, -0.25) is 20.2 Å². The molecule has 0 radical (unpaired) electrons. The summed E-state index contributed by atoms with van der Waals surface area (Å²) in [6.45, 7) is 9.25. The molecule has 2 aliphatic rings. The number of anilines is 1. The molecule has 0 saturated carbocycles. The number of unbranched alkanes of at least 4 members (excludes halogenated alkanes) is 2. The fourth-order valence-corrected chi connectivity index (χ4v) is 2.92. The van der Waals surface area contributed by atoms with Crippen molar-refractivity contribution in [3.8, 4) is 11.1 Å². The van der Waals surface area contributed by atoms with E-state index < -0.39 is 15.9 Å². The van der Waals surface area contributed by atoms with Crippen molar-refractivity contribution in [2.24, 2.45) is 5.73 Å². The number of hydrogen-bond donors (Lipinski definition) is 2. The maximum absolute atomic E-state index is 11.2. The molecule has 0 saturated heterocycles. The molecular formula is C23H32N4O6. The van der Waals surface area contributed by atoms with Crippen molar-refractivity contribution in [1.29, 1.82) is 0 Å². The number of nitrogens with zero attached hydrogens (tertiary/aromatic N) is 2. The summed E-state index contributed by atoms with van der Waals surface area (Å²) in [6.07, 6.45) is 1.99. The second-order valence-electron chi connectivity index (χ2n) is 7.78. The SMILES string of the molecule is CC(C)OC(N)=O.CCCCCNc1c([N+](=O)[O-])cc(C)c(C)c1[N+](=O)[O-].c1cc2cc-2c1. The molecule has 1 aromatic carbocycles. The molecule has 3 N–H and O–H groups in total. The van der Waals surface area contributed by atoms with Gasteiger partial charge in [-0.15, -0.1) is 0 Å². The van der Waals surface area contributed by atoms with E-state index in [1.807, 2.05) is 6.92 Å². The molecule has 3 rings (SSSR count). The van der Waals surface area contributed by atoms with Crippen LogP contribution in [-0.2, 0) is 4.74 Å². The van der Waals surface area contributed by atoms with Crippen LogP contribution in [0.15, 0.2) is 30.3 Å². The number of nitro groups is 2. The molecule has 0 bridgehead atoms. The molecule has 1 amide bonds. The molecule has 0 spiro atoms. The van der Waals surface area contributed by atoms with Gasteiger partial charge >= 0.3 is 11.8 Å². The summed E-state index contributed by atoms with van der Waals surface area (Å²) in [5.74, 6) is 0. The number of hydrogen-bond acceptors (Lipinski definition) is 7. The summed E-state index contributed by atoms with van der Waals surface area (Å²) in [6, 6.07) is 9.86. The van der Waals surface area contributed by atoms with Crippen LogP contribution in [0.25, 0.3) is 11.1 Å². The average molecular weight is 461 g/mol. The average Bonchev–Trinajstić information content (AvgIpc) is 3.31. The molecule has 180 valence electrons. The zero-order valence-corrected chi connectivity index (χ0v) is 19.7. The predicted molar refractivity (Wildman–Crippen MR) is 128 cm³/mol. The Morgan fingerprint density at radius 1 is 1.09 bits per heavy atom. The highest BCUT2D eigenvalue weighted by molar-refractivity contribution is 5.80. The van der Waals surface area contributed by atoms with E-state index in [0.29, 0.717) is 17.7 Å². The number of carbonyl (C=O) groups excluding carboxylic acids is 1. The third kappa shape index (κ3) is 9.14. The molecule has 0 aromatic heterocycles. The number of nitrogens with two attached hydrogens (primary N) is 1. The highest BCUT2D eigenvalue weighted by Gasteiger charge is 2.28. The Kier molecular flexibility index (Phi) is 10.8. The molecule has 0 aliphatic heterocycles. The van der Waals surface area contributed by atoms with Crippen molar-refractivity contribution in [3.63, 3.8) is 0 Å². The van der Waals surface area contributed by atoms with Crippen molar-refractivity contribution in [1.82, 2.24) is 0 Å². The molecule has 1 aromatic rings. The van der Waals surface area contributed by atoms with Crippen molar-refractivity contribution in [2.45, 2.75) is 60.0 Å². The standard InChI is InChI=1S/C13H19N3O4.C6H4.C4H9NO2/c1-4-5-6-7-14-12-11(15(17)18)8-9(2)10(3)13(12)16(19)20;1-2-5-4-6(5)3-1;1-3(2)7-4(5)6/h8,14H,4-7H2,1-3H3;1-4H;3H,1-2H3,(H2,5,6). The van der Waals surface area contributed by atoms with Crippen molar-refractivity contribution >= 4 is 23.2 Å². The topological polar surface area (TPSA) is 151 Å². The molecule has 0 fully saturated rings. The number of fused-ring (bicyclic) bond motifs is 1. The predicted octanol–water partition coefficient (Wildman–Crippen LogP) is 5.88. The lowest BCUT2D eigenvalue weighted by atomic mass is 10.0. The Balaban J connectivity index is 0.000000335. The first-order chi connectivity index (χ1) is 15.5. The molecule has 10 heteroatoms. The number of carbonyl (C=O) groups is 1. The third-order valence-electron chi connectivity index (χ3n) is 4.72. The van der Waals surface area contributed by atoms with E-state index in [9.17, 15) is 25.0 Å². The van der Waals surface area contributed by atoms with E-state index in [4.69, 9.17) is 0 Å². The highest BCUT2D eigenvalue weighted by atomic mass is 16.6. The largest absolute Gasteiger partial charge is 0.447 e. The van der Waals surface area contributed by atoms with Gasteiger partial charge in [0.25, 0.3) is 5.69 Å². The minimum absolute atomic E-state index is 0.0132. The summed E-state index contributed by atoms with van der Waals surface area (Å²) in [7, 11) is 0. The Labute approximate surface area is 193 Å². The van der Waals surface area contributed by atoms with Crippen LogP contribution in [0.5, 0.6) is 0 Å². The Bertz CT molecular complexity index is 974. The van der Waals surface area contributed by atoms with E-state index in [0.717, 1.165) is 19.3 Å². The van der Waals surface area contributed by atoms with E-state index in [-0.39, 0.29) is 23.2 Å². The quantitative estimate of drug-likeness (QED) is 0.242. The van der Waals surface area contributed by atoms with Gasteiger partial charge in [-0.1, -0.05) is 38.0 Å². The van der Waals surface area contributed by atoms with Gasteiger partial charge in [-0.2, -0.15) is 0 Å². The van der Waals surface area contributed by atoms with Crippen LogP contribution in [0, 0.1) is 34.1 Å². The fourth-order valence-electron chi connectivity index (χ4n) is 2.92. The van der Waals surface area contributed by atoms with Crippen molar-refractivity contribution < 1.29 is 19.4 Å². The van der Waals surface area contributed by atoms with Gasteiger partial charge < -0.3 is 15.8 Å². The van der Waals surface area contributed by atoms with Crippen LogP contribution < -0.4 is 11.1 Å². The number of aryl methyl sites for hydroxylation is 1. The summed E-state index contributed by atoms with van der Waals surface area (Å²) >= 11 is 0. The number of nitrogens with one attached hydrogen (secondary N) is 1. The Morgan fingerprint density at radius 2 is 1.70 bits per heavy atom. The van der Waals surface area contributed by atoms with Crippen LogP contribution in [0.2, 0.25) is 0 Å². The minimum atomic E-state index is -0.713. The maximum atomic E-state index is 11.2. The number of benzene rings is 2. The normalized spacial score (nSPS) is 10.2. The van der Waals surface area contributed by atoms with Crippen LogP contribution in [0.3, 0.4) is 0 Å². The molecule has 0 unspecified atom stereocenters. The lowest BCUT2D eigenvalue weighted by molar-refractivity contribution is -0.392. The van der Waals surface area contributed by atoms with E-state index in [1.165, 1.54) is 17.2 Å². The molecule has 0 heterocycles. The van der Waals surface area contributed by atoms with Gasteiger partial charge in [0.1, 0.15) is 0 Å². The van der Waals surface area contributed by atoms with Gasteiger partial charge in [-0.05, 0) is 56.9 Å². The number of ether oxygens (including phenoxy) is 1. The lowest BCUT2D eigenvalue weighted by Gasteiger charge is -2.11. The third-order valence-corrected chi connectivity index (χ3v) is 4.72. The number of rotatable bonds is 8. The van der Waals surface area contributed by atoms with Gasteiger partial charge in [0.15, 0.2) is 5.69 Å². The zero-order valence-electron chi connectivity index (χ0n) is 19.7. The van der Waals surface area contributed by atoms with E-state index in [1.54, 1.807) is 27.7 Å². The first kappa shape index (κ1) is 27.3. The van der Waals surface area contributed by atoms with Crippen molar-refractivity contribution in [2.75, 3.05) is 11.9 Å². The summed E-state index contributed by atoms with van der Waals surface area (Å²) in [5.41, 5.74) is 8.06. The molecule has 0 atom stereocenters. The summed E-state index contributed by atoms with van der Waals surface area (Å²) in [4.78, 5) is 31.0. The second kappa shape index (κ2) is 13.0. The zero-order chi connectivity index (χ0) is 25.1. The molecule has 10 nitrogen and oxygen atoms in total. The monoisotopic (exact) mass is 460 g/mol. The van der Waals surface area contributed by atoms with Crippen molar-refractivity contribution in [3.05, 3.63) is 61.7 Å². The maximum Gasteiger partial charge on any atom is 0.404 e. The van der Waals surface area contributed by atoms with Crippen LogP contribution in [-0.4, -0.2) is 28.6 Å². The molecular weight excluding hydrogens is 428 g/mol. The van der Waals surface area contributed by atoms with Gasteiger partial charge in [0.05, 0.1) is 16.0 Å². The lowest BCUT2D eigenvalue weighted by Crippen LogP contribution is -2.17. The first-order valence-corrected chi connectivity index (χ1v) is 10.7. The summed E-state index contributed by atoms with van der Waals surface area (Å²) < 4.78 is 4.39. The smallest absolute Gasteiger partial charge is 0.404 e. The number of amides is 1. The highest BCUT2D eigenvalue weighted by Crippen LogP contribution is 2.38. The van der Waals surface area contributed by atoms with Gasteiger partial charge in [0, 0.05) is 18.2 Å². The van der Waals surface area contributed by atoms with E-state index in [2.05, 4.69) is 40.1 Å². The number of nitro benzene ring substituents is 2. The van der Waals surface area contributed by atoms with Crippen LogP contribution >= 0.6 is 0 Å².